The van der Waals surface area contributed by atoms with Crippen molar-refractivity contribution in [1.29, 1.82) is 0 Å². The SMILES string of the molecule is CC(=O)N1CCC(CNC(=O)c2c(F)c(Cl)cc(C(C)c3nc(C)c4c(N)nccn34)c2OC(C)C)C1.CCN1CCC(CNC(=O)c2c(F)c(Cl)cc(C(C)c3nc(C)c4c(N)nccn34)c2OC(C)C)C1.Cc1nc(C(C)c2cc(Cl)c(F)c(C(=O)NCC3CCN(C(C)C)C3)c2OC(C)C)n2ccnc(N)c12.Cc1nc(C(C)c2cc(Cl)c(F)c(C(=O)NCC3CCN(C)C3)c2OC(C)C)n2ccnc(N)c12. The standard InChI is InChI=1S/C27H36ClFN6O2.C26H32ClFN6O3.C26H34ClFN6O2.C25H32ClFN6O2/c1-14(2)34-9-7-18(13-34)12-32-27(36)21-22(29)20(28)11-19(24(21)37-15(3)4)16(5)26-33-17(6)23-25(30)31-8-10-35(23)26;1-13(2)37-23-18(14(3)25-32-15(4)22-24(29)30-7-9-34(22)25)10-19(27)21(28)20(23)26(36)31-11-17-6-8-33(12-17)16(5)35;1-6-33-9-7-17(13-33)12-31-26(35)20-21(28)19(27)11-18(23(20)36-14(2)3)15(4)25-32-16(5)22-24(29)30-8-10-34(22)25;1-13(2)35-22-17(14(3)24-31-15(4)21-23(28)29-7-9-33(21)24)10-18(26)20(27)19(22)25(34)30-11-16-6-8-32(5)12-16/h8,10-11,14-16,18H,7,9,12-13H2,1-6H3,(H2,30,31)(H,32,36);7,9-10,13-14,17H,6,8,11-12H2,1-5H3,(H2,29,30)(H,31,36);8,10-11,14-15,17H,6-7,9,12-13H2,1-5H3,(H2,29,30)(H,31,35);7,9-10,13-14,16H,6,8,11-12H2,1-5H3,(H2,28,29)(H,30,34). The maximum Gasteiger partial charge on any atom is 0.258 e. The maximum atomic E-state index is 15.5. The highest BCUT2D eigenvalue weighted by Gasteiger charge is 2.39. The molecule has 12 heterocycles. The molecule has 16 rings (SSSR count). The first-order valence-electron chi connectivity index (χ1n) is 49.3. The maximum absolute atomic E-state index is 15.5. The molecular weight excluding hydrogens is 1950 g/mol. The van der Waals surface area contributed by atoms with Crippen LogP contribution in [-0.2, 0) is 4.79 Å². The molecule has 41 heteroatoms. The van der Waals surface area contributed by atoms with Crippen LogP contribution < -0.4 is 63.1 Å². The average Bonchev–Trinajstić information content (AvgIpc) is 1.58. The number of benzene rings is 4. The normalized spacial score (nSPS) is 17.0. The number of nitrogens with zero attached hydrogens (tertiary/aromatic N) is 16. The molecule has 5 amide bonds. The third-order valence-electron chi connectivity index (χ3n) is 27.0. The molecule has 0 aliphatic carbocycles. The Kier molecular flexibility index (Phi) is 35.8. The first kappa shape index (κ1) is 110. The van der Waals surface area contributed by atoms with Crippen LogP contribution in [0.5, 0.6) is 23.0 Å². The largest absolute Gasteiger partial charge is 0.490 e. The molecule has 4 fully saturated rings. The molecule has 33 nitrogen and oxygen atoms in total. The first-order valence-corrected chi connectivity index (χ1v) is 50.8. The van der Waals surface area contributed by atoms with Gasteiger partial charge in [0.2, 0.25) is 5.91 Å². The van der Waals surface area contributed by atoms with E-state index in [1.807, 2.05) is 122 Å². The van der Waals surface area contributed by atoms with Crippen molar-refractivity contribution < 1.29 is 60.5 Å². The van der Waals surface area contributed by atoms with E-state index < -0.39 is 58.7 Å². The zero-order chi connectivity index (χ0) is 106. The molecule has 4 aliphatic heterocycles. The molecule has 0 spiro atoms. The summed E-state index contributed by atoms with van der Waals surface area (Å²) in [5, 5.41) is 11.0. The number of nitrogens with two attached hydrogens (primary N) is 4. The summed E-state index contributed by atoms with van der Waals surface area (Å²) in [6, 6.07) is 6.50. The zero-order valence-electron chi connectivity index (χ0n) is 86.1. The van der Waals surface area contributed by atoms with Crippen molar-refractivity contribution in [2.24, 2.45) is 23.7 Å². The molecule has 4 saturated heterocycles. The lowest BCUT2D eigenvalue weighted by molar-refractivity contribution is -0.127. The second-order valence-electron chi connectivity index (χ2n) is 39.4. The lowest BCUT2D eigenvalue weighted by Crippen LogP contribution is -2.33. The Bertz CT molecular complexity index is 6790. The number of amides is 5. The van der Waals surface area contributed by atoms with Gasteiger partial charge in [-0.1, -0.05) is 81.0 Å². The number of hydrogen-bond donors (Lipinski definition) is 8. The summed E-state index contributed by atoms with van der Waals surface area (Å²) in [6.45, 7) is 47.1. The number of aryl methyl sites for hydroxylation is 4. The fourth-order valence-corrected chi connectivity index (χ4v) is 20.4. The highest BCUT2D eigenvalue weighted by molar-refractivity contribution is 6.32. The Hall–Kier alpha value is -12.1. The van der Waals surface area contributed by atoms with Gasteiger partial charge in [0.05, 0.1) is 67.3 Å². The molecule has 12 N–H and O–H groups in total. The molecule has 8 aromatic heterocycles. The van der Waals surface area contributed by atoms with Crippen LogP contribution in [0.2, 0.25) is 20.1 Å². The minimum atomic E-state index is -0.847. The molecule has 12 aromatic rings. The van der Waals surface area contributed by atoms with E-state index in [2.05, 4.69) is 76.7 Å². The summed E-state index contributed by atoms with van der Waals surface area (Å²) < 4.78 is 93.3. The van der Waals surface area contributed by atoms with E-state index in [0.717, 1.165) is 88.6 Å². The Morgan fingerprint density at radius 1 is 0.393 bits per heavy atom. The monoisotopic (exact) mass is 2080 g/mol. The second kappa shape index (κ2) is 47.1. The van der Waals surface area contributed by atoms with Crippen LogP contribution >= 0.6 is 46.4 Å². The Labute approximate surface area is 862 Å². The minimum Gasteiger partial charge on any atom is -0.490 e. The smallest absolute Gasteiger partial charge is 0.258 e. The van der Waals surface area contributed by atoms with Gasteiger partial charge in [-0.3, -0.25) is 41.6 Å². The van der Waals surface area contributed by atoms with Crippen LogP contribution in [0.15, 0.2) is 73.8 Å². The molecule has 0 radical (unpaired) electrons. The van der Waals surface area contributed by atoms with Crippen LogP contribution in [0.1, 0.15) is 270 Å². The molecule has 8 atom stereocenters. The van der Waals surface area contributed by atoms with E-state index >= 15 is 17.6 Å². The van der Waals surface area contributed by atoms with E-state index in [9.17, 15) is 24.0 Å². The fraction of sp³-hybridized carbons (Fsp3) is 0.490. The molecule has 4 aliphatic rings. The van der Waals surface area contributed by atoms with Gasteiger partial charge >= 0.3 is 0 Å². The van der Waals surface area contributed by atoms with Gasteiger partial charge in [-0.05, 0) is 204 Å². The number of imidazole rings is 4. The Morgan fingerprint density at radius 2 is 0.655 bits per heavy atom. The van der Waals surface area contributed by atoms with Gasteiger partial charge in [0, 0.05) is 167 Å². The number of likely N-dealkylation sites (tertiary alicyclic amines) is 4. The Morgan fingerprint density at radius 3 is 0.897 bits per heavy atom. The van der Waals surface area contributed by atoms with Gasteiger partial charge in [-0.2, -0.15) is 0 Å². The molecule has 780 valence electrons. The van der Waals surface area contributed by atoms with E-state index in [1.165, 1.54) is 31.2 Å². The molecule has 8 unspecified atom stereocenters. The van der Waals surface area contributed by atoms with Gasteiger partial charge in [0.1, 0.15) is 114 Å². The Balaban J connectivity index is 0.000000162. The third-order valence-corrected chi connectivity index (χ3v) is 28.1. The number of nitrogen functional groups attached to an aromatic ring is 4. The highest BCUT2D eigenvalue weighted by atomic mass is 35.5. The topological polar surface area (TPSA) is 408 Å². The van der Waals surface area contributed by atoms with Crippen molar-refractivity contribution in [3.05, 3.63) is 208 Å². The second-order valence-corrected chi connectivity index (χ2v) is 41.1. The van der Waals surface area contributed by atoms with E-state index in [-0.39, 0.29) is 113 Å². The van der Waals surface area contributed by atoms with Gasteiger partial charge in [-0.25, -0.2) is 57.4 Å². The van der Waals surface area contributed by atoms with Crippen LogP contribution in [0, 0.1) is 74.6 Å². The van der Waals surface area contributed by atoms with Crippen LogP contribution in [-0.4, -0.2) is 229 Å². The van der Waals surface area contributed by atoms with E-state index in [1.54, 1.807) is 68.3 Å². The van der Waals surface area contributed by atoms with Gasteiger partial charge in [0.15, 0.2) is 23.3 Å². The predicted molar refractivity (Wildman–Crippen MR) is 558 cm³/mol. The lowest BCUT2D eigenvalue weighted by atomic mass is 9.95. The molecule has 0 bridgehead atoms. The number of halogens is 8. The van der Waals surface area contributed by atoms with E-state index in [4.69, 9.17) is 108 Å². The summed E-state index contributed by atoms with van der Waals surface area (Å²) in [7, 11) is 2.05. The van der Waals surface area contributed by atoms with Gasteiger partial charge in [-0.15, -0.1) is 0 Å². The molecular formula is C104H134Cl4F4N24O9. The number of anilines is 4. The summed E-state index contributed by atoms with van der Waals surface area (Å²) in [4.78, 5) is 109. The number of ether oxygens (including phenoxy) is 4. The summed E-state index contributed by atoms with van der Waals surface area (Å²) in [5.74, 6) is -1.36. The van der Waals surface area contributed by atoms with Crippen molar-refractivity contribution >= 4 is 121 Å². The summed E-state index contributed by atoms with van der Waals surface area (Å²) in [5.41, 5.74) is 31.4. The number of nitrogens with one attached hydrogen (secondary N) is 4. The predicted octanol–water partition coefficient (Wildman–Crippen LogP) is 17.2. The van der Waals surface area contributed by atoms with Crippen molar-refractivity contribution in [2.45, 2.75) is 218 Å². The van der Waals surface area contributed by atoms with Crippen molar-refractivity contribution in [1.82, 2.24) is 98.3 Å². The number of carbonyl (C=O) groups excluding carboxylic acids is 5. The minimum absolute atomic E-state index is 0.000232. The van der Waals surface area contributed by atoms with E-state index in [0.29, 0.717) is 160 Å². The average molecular weight is 2080 g/mol. The van der Waals surface area contributed by atoms with Crippen LogP contribution in [0.25, 0.3) is 22.1 Å². The number of carbonyl (C=O) groups is 5. The number of fused-ring (bicyclic) bond motifs is 4. The molecule has 145 heavy (non-hydrogen) atoms. The van der Waals surface area contributed by atoms with Crippen molar-refractivity contribution in [3.63, 3.8) is 0 Å². The van der Waals surface area contributed by atoms with Crippen LogP contribution in [0.4, 0.5) is 40.8 Å². The fourth-order valence-electron chi connectivity index (χ4n) is 19.6. The molecule has 0 saturated carbocycles. The van der Waals surface area contributed by atoms with Crippen molar-refractivity contribution in [3.8, 4) is 23.0 Å². The zero-order valence-corrected chi connectivity index (χ0v) is 89.1. The quantitative estimate of drug-likeness (QED) is 0.0194. The number of aromatic nitrogens is 12. The summed E-state index contributed by atoms with van der Waals surface area (Å²) in [6.07, 6.45) is 16.0. The highest BCUT2D eigenvalue weighted by Crippen LogP contribution is 2.46. The molecule has 4 aromatic carbocycles. The van der Waals surface area contributed by atoms with Gasteiger partial charge in [0.25, 0.3) is 23.6 Å². The number of hydrogen-bond acceptors (Lipinski definition) is 24. The van der Waals surface area contributed by atoms with Gasteiger partial charge < -0.3 is 82.7 Å². The third kappa shape index (κ3) is 24.4. The van der Waals surface area contributed by atoms with Crippen molar-refractivity contribution in [2.75, 3.05) is 115 Å². The first-order chi connectivity index (χ1) is 68.7. The summed E-state index contributed by atoms with van der Waals surface area (Å²) >= 11 is 25.3. The van der Waals surface area contributed by atoms with Crippen LogP contribution in [0.3, 0.4) is 0 Å². The number of rotatable bonds is 30. The lowest BCUT2D eigenvalue weighted by Gasteiger charge is -2.23.